The molecule has 0 spiro atoms. The number of aliphatic hydroxyl groups excluding tert-OH is 1. The molecule has 3 N–H and O–H groups in total. The summed E-state index contributed by atoms with van der Waals surface area (Å²) in [7, 11) is 0. The molecular formula is C9H18N2O4. The number of rotatable bonds is 8. The lowest BCUT2D eigenvalue weighted by molar-refractivity contribution is -0.142. The first-order valence-electron chi connectivity index (χ1n) is 4.99. The fourth-order valence-electron chi connectivity index (χ4n) is 0.784. The number of carbonyl (C=O) groups excluding carboxylic acids is 2. The fraction of sp³-hybridized carbons (Fsp3) is 0.778. The monoisotopic (exact) mass is 218 g/mol. The number of esters is 1. The van der Waals surface area contributed by atoms with Gasteiger partial charge in [0.15, 0.2) is 0 Å². The minimum atomic E-state index is -0.403. The molecule has 0 aliphatic rings. The number of ether oxygens (including phenoxy) is 1. The Bertz CT molecular complexity index is 177. The van der Waals surface area contributed by atoms with E-state index < -0.39 is 5.97 Å². The Hall–Kier alpha value is -1.14. The summed E-state index contributed by atoms with van der Waals surface area (Å²) in [6.45, 7) is 2.22. The molecule has 0 rings (SSSR count). The van der Waals surface area contributed by atoms with Crippen LogP contribution in [-0.2, 0) is 14.3 Å². The molecule has 0 heterocycles. The summed E-state index contributed by atoms with van der Waals surface area (Å²) in [5, 5.41) is 8.45. The van der Waals surface area contributed by atoms with Crippen molar-refractivity contribution < 1.29 is 19.4 Å². The minimum Gasteiger partial charge on any atom is -0.465 e. The van der Waals surface area contributed by atoms with Crippen LogP contribution < -0.4 is 10.9 Å². The standard InChI is InChI=1S/C9H18N2O4/c1-2-6-15-9(14)7-10-11-8(13)4-3-5-12/h10,12H,2-7H2,1H3,(H,11,13). The Morgan fingerprint density at radius 1 is 1.40 bits per heavy atom. The number of hydrogen-bond acceptors (Lipinski definition) is 5. The normalized spacial score (nSPS) is 9.73. The molecule has 6 heteroatoms. The van der Waals surface area contributed by atoms with Crippen LogP contribution in [-0.4, -0.2) is 36.7 Å². The van der Waals surface area contributed by atoms with E-state index in [-0.39, 0.29) is 25.5 Å². The lowest BCUT2D eigenvalue weighted by Gasteiger charge is -2.06. The van der Waals surface area contributed by atoms with Crippen molar-refractivity contribution in [3.05, 3.63) is 0 Å². The molecule has 0 aliphatic carbocycles. The molecule has 0 radical (unpaired) electrons. The molecule has 0 unspecified atom stereocenters. The van der Waals surface area contributed by atoms with Crippen molar-refractivity contribution in [2.24, 2.45) is 0 Å². The van der Waals surface area contributed by atoms with Crippen LogP contribution in [0.4, 0.5) is 0 Å². The molecule has 0 aromatic rings. The number of hydrogen-bond donors (Lipinski definition) is 3. The average Bonchev–Trinajstić information content (AvgIpc) is 2.23. The van der Waals surface area contributed by atoms with E-state index in [1.807, 2.05) is 6.92 Å². The van der Waals surface area contributed by atoms with Crippen molar-refractivity contribution in [3.63, 3.8) is 0 Å². The first kappa shape index (κ1) is 13.9. The number of aliphatic hydroxyl groups is 1. The summed E-state index contributed by atoms with van der Waals surface area (Å²) in [5.74, 6) is -0.661. The van der Waals surface area contributed by atoms with E-state index in [1.165, 1.54) is 0 Å². The SMILES string of the molecule is CCCOC(=O)CNNC(=O)CCCO. The molecule has 0 aromatic carbocycles. The highest BCUT2D eigenvalue weighted by atomic mass is 16.5. The molecule has 88 valence electrons. The molecule has 15 heavy (non-hydrogen) atoms. The van der Waals surface area contributed by atoms with E-state index in [4.69, 9.17) is 9.84 Å². The second-order valence-corrected chi connectivity index (χ2v) is 2.95. The summed E-state index contributed by atoms with van der Waals surface area (Å²) >= 11 is 0. The zero-order valence-electron chi connectivity index (χ0n) is 8.91. The van der Waals surface area contributed by atoms with Gasteiger partial charge in [0, 0.05) is 13.0 Å². The van der Waals surface area contributed by atoms with Gasteiger partial charge in [-0.3, -0.25) is 15.0 Å². The number of hydrazine groups is 1. The van der Waals surface area contributed by atoms with Crippen molar-refractivity contribution in [2.75, 3.05) is 19.8 Å². The van der Waals surface area contributed by atoms with Crippen LogP contribution in [0.1, 0.15) is 26.2 Å². The largest absolute Gasteiger partial charge is 0.465 e. The number of amides is 1. The zero-order valence-corrected chi connectivity index (χ0v) is 8.91. The van der Waals surface area contributed by atoms with Crippen molar-refractivity contribution in [3.8, 4) is 0 Å². The van der Waals surface area contributed by atoms with E-state index in [1.54, 1.807) is 0 Å². The Balaban J connectivity index is 3.36. The minimum absolute atomic E-state index is 0.0219. The maximum absolute atomic E-state index is 11.0. The summed E-state index contributed by atoms with van der Waals surface area (Å²) in [6, 6.07) is 0. The van der Waals surface area contributed by atoms with Gasteiger partial charge in [-0.25, -0.2) is 5.43 Å². The Morgan fingerprint density at radius 3 is 2.73 bits per heavy atom. The molecule has 0 saturated carbocycles. The highest BCUT2D eigenvalue weighted by Gasteiger charge is 2.03. The summed E-state index contributed by atoms with van der Waals surface area (Å²) < 4.78 is 4.76. The maximum atomic E-state index is 11.0. The predicted octanol–water partition coefficient (Wildman–Crippen LogP) is -0.667. The van der Waals surface area contributed by atoms with Gasteiger partial charge in [-0.1, -0.05) is 6.92 Å². The topological polar surface area (TPSA) is 87.7 Å². The first-order chi connectivity index (χ1) is 7.20. The second kappa shape index (κ2) is 9.42. The van der Waals surface area contributed by atoms with Gasteiger partial charge in [-0.05, 0) is 12.8 Å². The molecular weight excluding hydrogens is 200 g/mol. The van der Waals surface area contributed by atoms with E-state index in [0.29, 0.717) is 13.0 Å². The number of carbonyl (C=O) groups is 2. The highest BCUT2D eigenvalue weighted by Crippen LogP contribution is 1.85. The van der Waals surface area contributed by atoms with Crippen molar-refractivity contribution in [1.29, 1.82) is 0 Å². The van der Waals surface area contributed by atoms with E-state index in [0.717, 1.165) is 6.42 Å². The van der Waals surface area contributed by atoms with Crippen LogP contribution in [0.25, 0.3) is 0 Å². The third kappa shape index (κ3) is 9.17. The Kier molecular flexibility index (Phi) is 8.70. The molecule has 0 fully saturated rings. The van der Waals surface area contributed by atoms with Gasteiger partial charge in [-0.2, -0.15) is 0 Å². The molecule has 0 aromatic heterocycles. The Morgan fingerprint density at radius 2 is 2.13 bits per heavy atom. The molecule has 0 atom stereocenters. The molecule has 6 nitrogen and oxygen atoms in total. The van der Waals surface area contributed by atoms with Crippen molar-refractivity contribution >= 4 is 11.9 Å². The molecule has 1 amide bonds. The summed E-state index contributed by atoms with van der Waals surface area (Å²) in [6.07, 6.45) is 1.41. The third-order valence-corrected chi connectivity index (χ3v) is 1.49. The van der Waals surface area contributed by atoms with Crippen LogP contribution in [0.2, 0.25) is 0 Å². The van der Waals surface area contributed by atoms with Crippen LogP contribution in [0.3, 0.4) is 0 Å². The van der Waals surface area contributed by atoms with Crippen LogP contribution in [0, 0.1) is 0 Å². The van der Waals surface area contributed by atoms with Gasteiger partial charge in [0.2, 0.25) is 5.91 Å². The fourth-order valence-corrected chi connectivity index (χ4v) is 0.784. The lowest BCUT2D eigenvalue weighted by atomic mass is 10.3. The predicted molar refractivity (Wildman–Crippen MR) is 53.7 cm³/mol. The molecule has 0 aliphatic heterocycles. The Labute approximate surface area is 89.0 Å². The summed E-state index contributed by atoms with van der Waals surface area (Å²) in [4.78, 5) is 21.9. The van der Waals surface area contributed by atoms with Crippen molar-refractivity contribution in [1.82, 2.24) is 10.9 Å². The number of nitrogens with one attached hydrogen (secondary N) is 2. The maximum Gasteiger partial charge on any atom is 0.321 e. The average molecular weight is 218 g/mol. The van der Waals surface area contributed by atoms with Gasteiger partial charge in [0.05, 0.1) is 6.61 Å². The van der Waals surface area contributed by atoms with Crippen molar-refractivity contribution in [2.45, 2.75) is 26.2 Å². The van der Waals surface area contributed by atoms with Crippen LogP contribution in [0.5, 0.6) is 0 Å². The highest BCUT2D eigenvalue weighted by molar-refractivity contribution is 5.76. The van der Waals surface area contributed by atoms with Gasteiger partial charge < -0.3 is 9.84 Å². The lowest BCUT2D eigenvalue weighted by Crippen LogP contribution is -2.41. The smallest absolute Gasteiger partial charge is 0.321 e. The van der Waals surface area contributed by atoms with Gasteiger partial charge >= 0.3 is 5.97 Å². The quantitative estimate of drug-likeness (QED) is 0.371. The van der Waals surface area contributed by atoms with E-state index >= 15 is 0 Å². The van der Waals surface area contributed by atoms with E-state index in [9.17, 15) is 9.59 Å². The summed E-state index contributed by atoms with van der Waals surface area (Å²) in [5.41, 5.74) is 4.77. The van der Waals surface area contributed by atoms with Gasteiger partial charge in [-0.15, -0.1) is 0 Å². The van der Waals surface area contributed by atoms with Gasteiger partial charge in [0.25, 0.3) is 0 Å². The zero-order chi connectivity index (χ0) is 11.5. The third-order valence-electron chi connectivity index (χ3n) is 1.49. The molecule has 0 saturated heterocycles. The van der Waals surface area contributed by atoms with Crippen LogP contribution in [0.15, 0.2) is 0 Å². The van der Waals surface area contributed by atoms with E-state index in [2.05, 4.69) is 10.9 Å². The second-order valence-electron chi connectivity index (χ2n) is 2.95. The molecule has 0 bridgehead atoms. The van der Waals surface area contributed by atoms with Crippen LogP contribution >= 0.6 is 0 Å². The first-order valence-corrected chi connectivity index (χ1v) is 4.99. The van der Waals surface area contributed by atoms with Gasteiger partial charge in [0.1, 0.15) is 6.54 Å².